The van der Waals surface area contributed by atoms with Crippen LogP contribution in [0, 0.1) is 13.8 Å². The number of anilines is 4. The molecule has 6 heteroatoms. The van der Waals surface area contributed by atoms with Gasteiger partial charge in [0.25, 0.3) is 0 Å². The number of fused-ring (bicyclic) bond motifs is 5. The smallest absolute Gasteiger partial charge is 0.341 e. The summed E-state index contributed by atoms with van der Waals surface area (Å²) < 4.78 is 20.0. The molecule has 0 amide bonds. The number of para-hydroxylation sites is 4. The van der Waals surface area contributed by atoms with Gasteiger partial charge in [-0.25, -0.2) is 0 Å². The van der Waals surface area contributed by atoms with E-state index in [-0.39, 0.29) is 12.1 Å². The fourth-order valence-electron chi connectivity index (χ4n) is 12.9. The summed E-state index contributed by atoms with van der Waals surface area (Å²) in [5.41, 5.74) is 20.0. The van der Waals surface area contributed by atoms with Gasteiger partial charge in [-0.3, -0.25) is 0 Å². The van der Waals surface area contributed by atoms with E-state index in [0.29, 0.717) is 0 Å². The van der Waals surface area contributed by atoms with E-state index in [4.69, 9.17) is 9.47 Å². The fraction of sp³-hybridized carbons (Fsp3) is 0.275. The Morgan fingerprint density at radius 3 is 1.13 bits per heavy atom. The first-order valence-corrected chi connectivity index (χ1v) is 27.8. The van der Waals surface area contributed by atoms with Crippen LogP contribution in [-0.4, -0.2) is 52.8 Å². The third kappa shape index (κ3) is 9.13. The molecule has 12 rings (SSSR count). The van der Waals surface area contributed by atoms with Gasteiger partial charge in [0.2, 0.25) is 12.1 Å². The van der Waals surface area contributed by atoms with Gasteiger partial charge in [0.15, 0.2) is 23.9 Å². The molecular formula is C69H70N4O2+2. The maximum Gasteiger partial charge on any atom is 0.704 e. The first-order chi connectivity index (χ1) is 36.9. The third-order valence-corrected chi connectivity index (χ3v) is 16.3. The van der Waals surface area contributed by atoms with Crippen molar-refractivity contribution in [2.24, 2.45) is 0 Å². The molecule has 1 spiro atoms. The van der Waals surface area contributed by atoms with Gasteiger partial charge in [-0.2, -0.15) is 0 Å². The Morgan fingerprint density at radius 2 is 0.787 bits per heavy atom. The van der Waals surface area contributed by atoms with E-state index in [2.05, 4.69) is 241 Å². The molecule has 0 radical (unpaired) electrons. The summed E-state index contributed by atoms with van der Waals surface area (Å²) in [6.45, 7) is 10.7. The Labute approximate surface area is 444 Å². The minimum absolute atomic E-state index is 0.245. The Balaban J connectivity index is 0.954. The molecule has 3 atom stereocenters. The van der Waals surface area contributed by atoms with Crippen molar-refractivity contribution in [2.75, 3.05) is 22.9 Å². The summed E-state index contributed by atoms with van der Waals surface area (Å²) >= 11 is 0. The zero-order valence-electron chi connectivity index (χ0n) is 44.2. The van der Waals surface area contributed by atoms with Crippen LogP contribution in [0.5, 0.6) is 11.5 Å². The largest absolute Gasteiger partial charge is 0.704 e. The Kier molecular flexibility index (Phi) is 13.4. The molecule has 6 nitrogen and oxygen atoms in total. The van der Waals surface area contributed by atoms with Crippen molar-refractivity contribution in [1.82, 2.24) is 0 Å². The summed E-state index contributed by atoms with van der Waals surface area (Å²) in [4.78, 5) is 4.91. The van der Waals surface area contributed by atoms with E-state index in [1.165, 1.54) is 80.1 Å². The maximum absolute atomic E-state index is 7.56. The Bertz CT molecular complexity index is 3200. The monoisotopic (exact) mass is 987 g/mol. The predicted molar refractivity (Wildman–Crippen MR) is 309 cm³/mol. The summed E-state index contributed by atoms with van der Waals surface area (Å²) in [7, 11) is 0. The van der Waals surface area contributed by atoms with Crippen molar-refractivity contribution in [3.63, 3.8) is 0 Å². The molecule has 0 bridgehead atoms. The SMILES string of the molecule is CCCc1cccc(CCC)c1-c1cc(C)c2c(c1)C=[N+]1C3CCCCC3[N+]3=Cc4cc(-c5c(CCN(c6ccccc6)c6ccccc6)cccc5CCN(c5ccccc5)c5ccccc5)cc(C)c4OC13O2. The maximum atomic E-state index is 7.56. The molecule has 376 valence electrons. The van der Waals surface area contributed by atoms with E-state index < -0.39 is 6.03 Å². The lowest BCUT2D eigenvalue weighted by Gasteiger charge is -2.30. The number of ether oxygens (including phenoxy) is 2. The van der Waals surface area contributed by atoms with Crippen LogP contribution in [0.4, 0.5) is 22.7 Å². The highest BCUT2D eigenvalue weighted by Crippen LogP contribution is 2.48. The second-order valence-corrected chi connectivity index (χ2v) is 21.2. The van der Waals surface area contributed by atoms with E-state index in [0.717, 1.165) is 98.2 Å². The van der Waals surface area contributed by atoms with Gasteiger partial charge in [-0.15, -0.1) is 0 Å². The van der Waals surface area contributed by atoms with Gasteiger partial charge in [0.05, 0.1) is 11.1 Å². The van der Waals surface area contributed by atoms with Crippen LogP contribution in [0.3, 0.4) is 0 Å². The topological polar surface area (TPSA) is 31.0 Å². The zero-order valence-corrected chi connectivity index (χ0v) is 44.2. The lowest BCUT2D eigenvalue weighted by molar-refractivity contribution is -0.866. The minimum atomic E-state index is -1.12. The zero-order chi connectivity index (χ0) is 50.9. The normalized spacial score (nSPS) is 18.0. The van der Waals surface area contributed by atoms with Crippen LogP contribution >= 0.6 is 0 Å². The average Bonchev–Trinajstić information content (AvgIpc) is 3.72. The quantitative estimate of drug-likeness (QED) is 0.0903. The number of hydrogen-bond acceptors (Lipinski definition) is 4. The average molecular weight is 987 g/mol. The number of benzene rings is 8. The van der Waals surface area contributed by atoms with E-state index >= 15 is 0 Å². The molecular weight excluding hydrogens is 917 g/mol. The van der Waals surface area contributed by atoms with Crippen LogP contribution in [0.2, 0.25) is 0 Å². The molecule has 2 fully saturated rings. The van der Waals surface area contributed by atoms with Gasteiger partial charge in [-0.1, -0.05) is 145 Å². The lowest BCUT2D eigenvalue weighted by Crippen LogP contribution is -2.60. The van der Waals surface area contributed by atoms with Crippen LogP contribution < -0.4 is 19.3 Å². The highest BCUT2D eigenvalue weighted by molar-refractivity contribution is 5.89. The standard InChI is InChI=1S/C69H70N4O2/c1-5-23-51-25-21-26-52(24-6-2)65(51)55-43-49(3)67-57(45-55)47-72-63-37-19-20-38-64(63)73-48-58-46-56(44-50(4)68(58)75-69(72,73)74-67)66-53(39-41-70(59-29-11-7-12-30-59)60-31-13-8-14-32-60)27-22-28-54(66)40-42-71(61-33-15-9-16-34-61)62-35-17-10-18-36-62/h7-18,21-22,25-36,43-48,63-64H,5-6,19-20,23-24,37-42H2,1-4H3/q+2. The van der Waals surface area contributed by atoms with Crippen molar-refractivity contribution in [2.45, 2.75) is 110 Å². The summed E-state index contributed by atoms with van der Waals surface area (Å²) in [5.74, 6) is 1.80. The number of aryl methyl sites for hydroxylation is 4. The number of hydrogen-bond donors (Lipinski definition) is 0. The van der Waals surface area contributed by atoms with E-state index in [9.17, 15) is 0 Å². The second-order valence-electron chi connectivity index (χ2n) is 21.2. The summed E-state index contributed by atoms with van der Waals surface area (Å²) in [5, 5.41) is 0. The minimum Gasteiger partial charge on any atom is -0.341 e. The highest BCUT2D eigenvalue weighted by atomic mass is 16.7. The van der Waals surface area contributed by atoms with Crippen molar-refractivity contribution < 1.29 is 18.6 Å². The van der Waals surface area contributed by atoms with Gasteiger partial charge >= 0.3 is 6.03 Å². The van der Waals surface area contributed by atoms with E-state index in [1.807, 2.05) is 0 Å². The van der Waals surface area contributed by atoms with Gasteiger partial charge in [0, 0.05) is 48.7 Å². The number of nitrogens with zero attached hydrogens (tertiary/aromatic N) is 4. The molecule has 1 saturated heterocycles. The van der Waals surface area contributed by atoms with Crippen LogP contribution in [0.15, 0.2) is 182 Å². The van der Waals surface area contributed by atoms with E-state index in [1.54, 1.807) is 0 Å². The summed E-state index contributed by atoms with van der Waals surface area (Å²) in [6.07, 6.45) is 15.4. The molecule has 3 aliphatic heterocycles. The molecule has 1 aliphatic carbocycles. The molecule has 8 aromatic rings. The lowest BCUT2D eigenvalue weighted by atomic mass is 9.88. The van der Waals surface area contributed by atoms with Crippen molar-refractivity contribution in [3.05, 3.63) is 226 Å². The van der Waals surface area contributed by atoms with Crippen LogP contribution in [0.1, 0.15) is 96.9 Å². The second kappa shape index (κ2) is 20.9. The molecule has 8 aromatic carbocycles. The Morgan fingerprint density at radius 1 is 0.440 bits per heavy atom. The molecule has 3 heterocycles. The van der Waals surface area contributed by atoms with Gasteiger partial charge in [0.1, 0.15) is 0 Å². The molecule has 75 heavy (non-hydrogen) atoms. The van der Waals surface area contributed by atoms with Crippen molar-refractivity contribution in [3.8, 4) is 33.8 Å². The predicted octanol–water partition coefficient (Wildman–Crippen LogP) is 15.6. The fourth-order valence-corrected chi connectivity index (χ4v) is 12.9. The molecule has 3 unspecified atom stereocenters. The molecule has 0 N–H and O–H groups in total. The molecule has 1 saturated carbocycles. The first-order valence-electron chi connectivity index (χ1n) is 27.8. The van der Waals surface area contributed by atoms with Gasteiger partial charge in [-0.05, 0) is 181 Å². The molecule has 4 aliphatic rings. The first kappa shape index (κ1) is 48.3. The van der Waals surface area contributed by atoms with Crippen molar-refractivity contribution >= 4 is 35.2 Å². The summed E-state index contributed by atoms with van der Waals surface area (Å²) in [6, 6.07) is 66.1. The van der Waals surface area contributed by atoms with Crippen molar-refractivity contribution in [1.29, 1.82) is 0 Å². The highest BCUT2D eigenvalue weighted by Gasteiger charge is 2.76. The number of rotatable bonds is 16. The van der Waals surface area contributed by atoms with Crippen LogP contribution in [-0.2, 0) is 25.7 Å². The third-order valence-electron chi connectivity index (χ3n) is 16.3. The van der Waals surface area contributed by atoms with Gasteiger partial charge < -0.3 is 19.3 Å². The molecule has 0 aromatic heterocycles. The Hall–Kier alpha value is -7.70. The van der Waals surface area contributed by atoms with Crippen LogP contribution in [0.25, 0.3) is 22.3 Å².